The Morgan fingerprint density at radius 1 is 1.17 bits per heavy atom. The summed E-state index contributed by atoms with van der Waals surface area (Å²) in [4.78, 5) is 14.3. The molecule has 1 nitrogen and oxygen atoms in total. The quantitative estimate of drug-likeness (QED) is 0.666. The van der Waals surface area contributed by atoms with Gasteiger partial charge in [-0.05, 0) is 79.3 Å². The van der Waals surface area contributed by atoms with Gasteiger partial charge in [-0.25, -0.2) is 0 Å². The average Bonchev–Trinajstić information content (AvgIpc) is 3.29. The molecule has 3 heteroatoms. The Hall–Kier alpha value is 0.110. The maximum Gasteiger partial charge on any atom is 0.172 e. The summed E-state index contributed by atoms with van der Waals surface area (Å²) in [6.45, 7) is 5.03. The van der Waals surface area contributed by atoms with E-state index in [9.17, 15) is 4.79 Å². The van der Waals surface area contributed by atoms with E-state index < -0.39 is 0 Å². The predicted octanol–water partition coefficient (Wildman–Crippen LogP) is 5.41. The molecule has 0 aromatic carbocycles. The lowest BCUT2D eigenvalue weighted by Crippen LogP contribution is -2.39. The Kier molecular flexibility index (Phi) is 3.61. The minimum absolute atomic E-state index is 0.384. The molecule has 24 heavy (non-hydrogen) atoms. The van der Waals surface area contributed by atoms with Crippen LogP contribution in [0.3, 0.4) is 0 Å². The van der Waals surface area contributed by atoms with Crippen LogP contribution in [0.25, 0.3) is 0 Å². The van der Waals surface area contributed by atoms with Crippen LogP contribution in [-0.4, -0.2) is 23.0 Å². The van der Waals surface area contributed by atoms with E-state index in [0.717, 1.165) is 17.8 Å². The van der Waals surface area contributed by atoms with Crippen molar-refractivity contribution in [3.05, 3.63) is 11.0 Å². The van der Waals surface area contributed by atoms with Gasteiger partial charge in [0.25, 0.3) is 0 Å². The van der Waals surface area contributed by atoms with Crippen LogP contribution in [0, 0.1) is 40.4 Å². The predicted molar refractivity (Wildman–Crippen MR) is 104 cm³/mol. The van der Waals surface area contributed by atoms with Crippen molar-refractivity contribution in [3.63, 3.8) is 0 Å². The lowest BCUT2D eigenvalue weighted by atomic mass is 9.70. The van der Waals surface area contributed by atoms with E-state index in [4.69, 9.17) is 0 Å². The van der Waals surface area contributed by atoms with Gasteiger partial charge < -0.3 is 0 Å². The van der Waals surface area contributed by atoms with Gasteiger partial charge in [-0.3, -0.25) is 4.79 Å². The van der Waals surface area contributed by atoms with Gasteiger partial charge in [-0.15, -0.1) is 11.8 Å². The summed E-state index contributed by atoms with van der Waals surface area (Å²) < 4.78 is 0. The van der Waals surface area contributed by atoms with Gasteiger partial charge in [0, 0.05) is 21.8 Å². The van der Waals surface area contributed by atoms with Crippen LogP contribution in [0.15, 0.2) is 11.0 Å². The van der Waals surface area contributed by atoms with Crippen molar-refractivity contribution < 1.29 is 4.79 Å². The normalized spacial score (nSPS) is 50.6. The second-order valence-corrected chi connectivity index (χ2v) is 11.8. The molecule has 5 rings (SSSR count). The number of carbonyl (C=O) groups excluding carboxylic acids is 1. The zero-order valence-corrected chi connectivity index (χ0v) is 16.8. The van der Waals surface area contributed by atoms with Crippen molar-refractivity contribution in [3.8, 4) is 0 Å². The summed E-state index contributed by atoms with van der Waals surface area (Å²) in [5.41, 5.74) is 0.893. The van der Waals surface area contributed by atoms with E-state index in [2.05, 4.69) is 26.2 Å². The molecule has 0 aliphatic heterocycles. The minimum atomic E-state index is 0.384. The molecule has 0 saturated heterocycles. The molecule has 0 aromatic heterocycles. The van der Waals surface area contributed by atoms with Gasteiger partial charge >= 0.3 is 0 Å². The number of allylic oxidation sites excluding steroid dienone is 2. The smallest absolute Gasteiger partial charge is 0.172 e. The molecule has 0 N–H and O–H groups in total. The topological polar surface area (TPSA) is 17.1 Å². The monoisotopic (exact) mass is 362 g/mol. The third-order valence-corrected chi connectivity index (χ3v) is 11.2. The van der Waals surface area contributed by atoms with Gasteiger partial charge in [0.15, 0.2) is 5.78 Å². The molecule has 132 valence electrons. The first-order valence-electron chi connectivity index (χ1n) is 9.89. The molecular formula is C21H30OS2. The molecular weight excluding hydrogens is 332 g/mol. The fourth-order valence-electron chi connectivity index (χ4n) is 7.40. The van der Waals surface area contributed by atoms with Crippen LogP contribution in [0.2, 0.25) is 0 Å². The van der Waals surface area contributed by atoms with Crippen molar-refractivity contribution in [1.29, 1.82) is 0 Å². The van der Waals surface area contributed by atoms with Crippen molar-refractivity contribution in [1.82, 2.24) is 0 Å². The van der Waals surface area contributed by atoms with Crippen LogP contribution < -0.4 is 0 Å². The molecule has 4 fully saturated rings. The second-order valence-electron chi connectivity index (χ2n) is 9.72. The fraction of sp³-hybridized carbons (Fsp3) is 0.857. The molecule has 0 aromatic rings. The minimum Gasteiger partial charge on any atom is -0.293 e. The van der Waals surface area contributed by atoms with Crippen LogP contribution >= 0.6 is 23.5 Å². The zero-order valence-electron chi connectivity index (χ0n) is 15.2. The van der Waals surface area contributed by atoms with Crippen molar-refractivity contribution in [2.75, 3.05) is 12.0 Å². The van der Waals surface area contributed by atoms with Crippen LogP contribution in [0.4, 0.5) is 0 Å². The van der Waals surface area contributed by atoms with Crippen LogP contribution in [0.1, 0.15) is 52.4 Å². The van der Waals surface area contributed by atoms with Gasteiger partial charge in [-0.2, -0.15) is 11.8 Å². The number of fused-ring (bicyclic) bond motifs is 7. The molecule has 0 radical (unpaired) electrons. The molecule has 0 amide bonds. The van der Waals surface area contributed by atoms with E-state index in [1.54, 1.807) is 0 Å². The van der Waals surface area contributed by atoms with E-state index in [1.165, 1.54) is 49.2 Å². The summed E-state index contributed by atoms with van der Waals surface area (Å²) in [6.07, 6.45) is 12.9. The van der Waals surface area contributed by atoms with Crippen molar-refractivity contribution in [2.24, 2.45) is 40.4 Å². The first kappa shape index (κ1) is 16.3. The maximum atomic E-state index is 13.1. The first-order chi connectivity index (χ1) is 11.5. The Morgan fingerprint density at radius 3 is 2.67 bits per heavy atom. The summed E-state index contributed by atoms with van der Waals surface area (Å²) in [5, 5.41) is 0.672. The Balaban J connectivity index is 1.41. The van der Waals surface area contributed by atoms with Gasteiger partial charge in [0.05, 0.1) is 0 Å². The number of hydrogen-bond donors (Lipinski definition) is 0. The SMILES string of the molecule is CSC[C@]12CC[C@H](C[C@H]1SC1=CC3C4CCC(C4)C3C1=O)C2(C)C. The first-order valence-corrected chi connectivity index (χ1v) is 12.2. The maximum absolute atomic E-state index is 13.1. The average molecular weight is 363 g/mol. The number of thioether (sulfide) groups is 2. The molecule has 5 aliphatic rings. The van der Waals surface area contributed by atoms with E-state index in [0.29, 0.717) is 33.7 Å². The highest BCUT2D eigenvalue weighted by atomic mass is 32.2. The molecule has 4 saturated carbocycles. The highest BCUT2D eigenvalue weighted by molar-refractivity contribution is 8.04. The fourth-order valence-corrected chi connectivity index (χ4v) is 10.6. The number of rotatable bonds is 4. The molecule has 0 spiro atoms. The summed E-state index contributed by atoms with van der Waals surface area (Å²) >= 11 is 4.04. The summed E-state index contributed by atoms with van der Waals surface area (Å²) in [6, 6.07) is 0. The molecule has 5 aliphatic carbocycles. The molecule has 7 atom stereocenters. The van der Waals surface area contributed by atoms with Gasteiger partial charge in [0.1, 0.15) is 0 Å². The summed E-state index contributed by atoms with van der Waals surface area (Å²) in [5.74, 6) is 5.23. The summed E-state index contributed by atoms with van der Waals surface area (Å²) in [7, 11) is 0. The Bertz CT molecular complexity index is 609. The molecule has 4 unspecified atom stereocenters. The largest absolute Gasteiger partial charge is 0.293 e. The van der Waals surface area contributed by atoms with Crippen molar-refractivity contribution >= 4 is 29.3 Å². The number of Topliss-reactive ketones (excluding diaryl/α,β-unsaturated/α-hetero) is 1. The van der Waals surface area contributed by atoms with E-state index in [1.807, 2.05) is 23.5 Å². The molecule has 0 heterocycles. The van der Waals surface area contributed by atoms with Crippen molar-refractivity contribution in [2.45, 2.75) is 57.6 Å². The van der Waals surface area contributed by atoms with Gasteiger partial charge in [-0.1, -0.05) is 19.9 Å². The third-order valence-electron chi connectivity index (χ3n) is 8.90. The lowest BCUT2D eigenvalue weighted by molar-refractivity contribution is -0.119. The highest BCUT2D eigenvalue weighted by Crippen LogP contribution is 2.70. The van der Waals surface area contributed by atoms with Crippen LogP contribution in [0.5, 0.6) is 0 Å². The Morgan fingerprint density at radius 2 is 1.96 bits per heavy atom. The van der Waals surface area contributed by atoms with Gasteiger partial charge in [0.2, 0.25) is 0 Å². The standard InChI is InChI=1S/C21H30OS2/c1-20(2)14-6-7-21(20,11-23-3)17(9-14)24-16-10-15-12-4-5-13(8-12)18(15)19(16)22/h10,12-15,17-18H,4-9,11H2,1-3H3/t12?,13?,14-,15?,17-,18?,21-/m1/s1. The highest BCUT2D eigenvalue weighted by Gasteiger charge is 2.64. The Labute approximate surface area is 155 Å². The zero-order chi connectivity index (χ0) is 16.7. The van der Waals surface area contributed by atoms with Crippen LogP contribution in [-0.2, 0) is 4.79 Å². The lowest BCUT2D eigenvalue weighted by Gasteiger charge is -2.42. The molecule has 4 bridgehead atoms. The number of hydrogen-bond acceptors (Lipinski definition) is 3. The number of carbonyl (C=O) groups is 1. The van der Waals surface area contributed by atoms with E-state index >= 15 is 0 Å². The third kappa shape index (κ3) is 1.89. The van der Waals surface area contributed by atoms with E-state index in [-0.39, 0.29) is 0 Å². The number of ketones is 1. The second kappa shape index (κ2) is 5.31.